The number of benzene rings is 2. The highest BCUT2D eigenvalue weighted by Crippen LogP contribution is 2.41. The summed E-state index contributed by atoms with van der Waals surface area (Å²) in [6.45, 7) is 5.49. The molecule has 120 valence electrons. The molecule has 0 fully saturated rings. The van der Waals surface area contributed by atoms with E-state index in [0.29, 0.717) is 0 Å². The highest BCUT2D eigenvalue weighted by molar-refractivity contribution is 7.19. The second kappa shape index (κ2) is 5.20. The van der Waals surface area contributed by atoms with Crippen LogP contribution in [0.5, 0.6) is 0 Å². The number of hydrogen-bond acceptors (Lipinski definition) is 2. The third kappa shape index (κ3) is 1.92. The second-order valence-electron chi connectivity index (χ2n) is 6.74. The van der Waals surface area contributed by atoms with Crippen LogP contribution in [0, 0.1) is 13.8 Å². The zero-order valence-corrected chi connectivity index (χ0v) is 14.8. The van der Waals surface area contributed by atoms with E-state index in [2.05, 4.69) is 66.6 Å². The van der Waals surface area contributed by atoms with Gasteiger partial charge in [0, 0.05) is 32.7 Å². The fourth-order valence-electron chi connectivity index (χ4n) is 4.09. The number of fused-ring (bicyclic) bond motifs is 4. The number of aromatic amines is 1. The van der Waals surface area contributed by atoms with Crippen molar-refractivity contribution in [3.05, 3.63) is 69.7 Å². The summed E-state index contributed by atoms with van der Waals surface area (Å²) in [6, 6.07) is 15.6. The lowest BCUT2D eigenvalue weighted by atomic mass is 9.96. The SMILES string of the molecule is Cc1c([C@@H]2NCCc3c2[nH]c2c(C)cccc32)sc2ccccc12. The number of rotatable bonds is 1. The van der Waals surface area contributed by atoms with Crippen molar-refractivity contribution in [3.8, 4) is 0 Å². The van der Waals surface area contributed by atoms with Crippen molar-refractivity contribution >= 4 is 32.3 Å². The monoisotopic (exact) mass is 332 g/mol. The van der Waals surface area contributed by atoms with Gasteiger partial charge >= 0.3 is 0 Å². The first-order valence-corrected chi connectivity index (χ1v) is 9.37. The van der Waals surface area contributed by atoms with E-state index in [-0.39, 0.29) is 6.04 Å². The number of hydrogen-bond donors (Lipinski definition) is 2. The van der Waals surface area contributed by atoms with Crippen LogP contribution in [0.25, 0.3) is 21.0 Å². The maximum atomic E-state index is 3.75. The normalized spacial score (nSPS) is 17.5. The molecule has 1 atom stereocenters. The third-order valence-electron chi connectivity index (χ3n) is 5.34. The molecule has 4 aromatic rings. The molecule has 3 heteroatoms. The second-order valence-corrected chi connectivity index (χ2v) is 7.82. The molecule has 0 aliphatic carbocycles. The summed E-state index contributed by atoms with van der Waals surface area (Å²) in [5.41, 5.74) is 6.90. The molecule has 2 aromatic carbocycles. The van der Waals surface area contributed by atoms with E-state index in [1.807, 2.05) is 11.3 Å². The summed E-state index contributed by atoms with van der Waals surface area (Å²) < 4.78 is 1.38. The number of para-hydroxylation sites is 1. The third-order valence-corrected chi connectivity index (χ3v) is 6.68. The minimum absolute atomic E-state index is 0.276. The van der Waals surface area contributed by atoms with Gasteiger partial charge in [0.2, 0.25) is 0 Å². The number of aromatic nitrogens is 1. The van der Waals surface area contributed by atoms with Crippen molar-refractivity contribution in [2.24, 2.45) is 0 Å². The summed E-state index contributed by atoms with van der Waals surface area (Å²) in [4.78, 5) is 5.19. The molecule has 1 aliphatic rings. The van der Waals surface area contributed by atoms with E-state index in [1.165, 1.54) is 48.3 Å². The van der Waals surface area contributed by atoms with Gasteiger partial charge in [-0.15, -0.1) is 11.3 Å². The molecular formula is C21H20N2S. The molecule has 2 N–H and O–H groups in total. The molecular weight excluding hydrogens is 312 g/mol. The molecule has 5 rings (SSSR count). The number of nitrogens with one attached hydrogen (secondary N) is 2. The average Bonchev–Trinajstić information content (AvgIpc) is 3.15. The Morgan fingerprint density at radius 2 is 1.83 bits per heavy atom. The maximum absolute atomic E-state index is 3.75. The van der Waals surface area contributed by atoms with Crippen LogP contribution in [0.3, 0.4) is 0 Å². The molecule has 0 bridgehead atoms. The summed E-state index contributed by atoms with van der Waals surface area (Å²) in [7, 11) is 0. The number of H-pyrrole nitrogens is 1. The minimum atomic E-state index is 0.276. The Bertz CT molecular complexity index is 1070. The Morgan fingerprint density at radius 1 is 1.00 bits per heavy atom. The maximum Gasteiger partial charge on any atom is 0.0829 e. The minimum Gasteiger partial charge on any atom is -0.356 e. The van der Waals surface area contributed by atoms with Crippen molar-refractivity contribution in [2.45, 2.75) is 26.3 Å². The van der Waals surface area contributed by atoms with Gasteiger partial charge in [-0.3, -0.25) is 0 Å². The van der Waals surface area contributed by atoms with Crippen molar-refractivity contribution in [2.75, 3.05) is 6.54 Å². The van der Waals surface area contributed by atoms with Crippen LogP contribution in [-0.2, 0) is 6.42 Å². The number of aryl methyl sites for hydroxylation is 2. The van der Waals surface area contributed by atoms with E-state index in [0.717, 1.165) is 13.0 Å². The van der Waals surface area contributed by atoms with Crippen molar-refractivity contribution < 1.29 is 0 Å². The van der Waals surface area contributed by atoms with Gasteiger partial charge in [0.1, 0.15) is 0 Å². The quantitative estimate of drug-likeness (QED) is 0.490. The zero-order valence-electron chi connectivity index (χ0n) is 13.9. The topological polar surface area (TPSA) is 27.8 Å². The fraction of sp³-hybridized carbons (Fsp3) is 0.238. The van der Waals surface area contributed by atoms with Crippen LogP contribution < -0.4 is 5.32 Å². The zero-order chi connectivity index (χ0) is 16.3. The largest absolute Gasteiger partial charge is 0.356 e. The smallest absolute Gasteiger partial charge is 0.0829 e. The van der Waals surface area contributed by atoms with E-state index in [1.54, 1.807) is 0 Å². The molecule has 2 aromatic heterocycles. The van der Waals surface area contributed by atoms with Gasteiger partial charge in [-0.2, -0.15) is 0 Å². The highest BCUT2D eigenvalue weighted by atomic mass is 32.1. The predicted molar refractivity (Wildman–Crippen MR) is 103 cm³/mol. The molecule has 2 nitrogen and oxygen atoms in total. The van der Waals surface area contributed by atoms with Gasteiger partial charge in [0.05, 0.1) is 6.04 Å². The molecule has 0 spiro atoms. The van der Waals surface area contributed by atoms with Gasteiger partial charge in [-0.25, -0.2) is 0 Å². The average molecular weight is 332 g/mol. The Balaban J connectivity index is 1.75. The van der Waals surface area contributed by atoms with E-state index in [4.69, 9.17) is 0 Å². The van der Waals surface area contributed by atoms with Crippen LogP contribution in [-0.4, -0.2) is 11.5 Å². The Labute approximate surface area is 145 Å². The highest BCUT2D eigenvalue weighted by Gasteiger charge is 2.28. The Kier molecular flexibility index (Phi) is 3.09. The molecule has 1 aliphatic heterocycles. The van der Waals surface area contributed by atoms with Gasteiger partial charge in [-0.05, 0) is 48.4 Å². The van der Waals surface area contributed by atoms with Crippen molar-refractivity contribution in [3.63, 3.8) is 0 Å². The van der Waals surface area contributed by atoms with Crippen molar-refractivity contribution in [1.82, 2.24) is 10.3 Å². The molecule has 0 radical (unpaired) electrons. The first kappa shape index (κ1) is 14.3. The fourth-order valence-corrected chi connectivity index (χ4v) is 5.39. The Hall–Kier alpha value is -2.10. The van der Waals surface area contributed by atoms with Crippen LogP contribution in [0.4, 0.5) is 0 Å². The Morgan fingerprint density at radius 3 is 2.71 bits per heavy atom. The summed E-state index contributed by atoms with van der Waals surface area (Å²) in [5, 5.41) is 6.54. The van der Waals surface area contributed by atoms with Crippen molar-refractivity contribution in [1.29, 1.82) is 0 Å². The molecule has 0 unspecified atom stereocenters. The first-order chi connectivity index (χ1) is 11.7. The lowest BCUT2D eigenvalue weighted by Crippen LogP contribution is -2.30. The van der Waals surface area contributed by atoms with Crippen LogP contribution in [0.1, 0.15) is 33.3 Å². The van der Waals surface area contributed by atoms with E-state index in [9.17, 15) is 0 Å². The van der Waals surface area contributed by atoms with E-state index >= 15 is 0 Å². The lowest BCUT2D eigenvalue weighted by molar-refractivity contribution is 0.565. The first-order valence-electron chi connectivity index (χ1n) is 8.55. The molecule has 3 heterocycles. The molecule has 0 amide bonds. The van der Waals surface area contributed by atoms with Crippen LogP contribution >= 0.6 is 11.3 Å². The lowest BCUT2D eigenvalue weighted by Gasteiger charge is -2.24. The summed E-state index contributed by atoms with van der Waals surface area (Å²) in [5.74, 6) is 0. The van der Waals surface area contributed by atoms with Crippen LogP contribution in [0.2, 0.25) is 0 Å². The van der Waals surface area contributed by atoms with E-state index < -0.39 is 0 Å². The summed E-state index contributed by atoms with van der Waals surface area (Å²) >= 11 is 1.93. The molecule has 0 saturated carbocycles. The standard InChI is InChI=1S/C21H20N2S/c1-12-6-5-8-15-16-10-11-22-20(19(16)23-18(12)15)21-13(2)14-7-3-4-9-17(14)24-21/h3-9,20,22-23H,10-11H2,1-2H3/t20-/m1/s1. The van der Waals surface area contributed by atoms with Gasteiger partial charge in [0.15, 0.2) is 0 Å². The number of thiophene rings is 1. The van der Waals surface area contributed by atoms with Gasteiger partial charge < -0.3 is 10.3 Å². The van der Waals surface area contributed by atoms with Gasteiger partial charge in [0.25, 0.3) is 0 Å². The molecule has 0 saturated heterocycles. The molecule has 24 heavy (non-hydrogen) atoms. The van der Waals surface area contributed by atoms with Crippen LogP contribution in [0.15, 0.2) is 42.5 Å². The predicted octanol–water partition coefficient (Wildman–Crippen LogP) is 5.23. The van der Waals surface area contributed by atoms with Gasteiger partial charge in [-0.1, -0.05) is 36.4 Å². The summed E-state index contributed by atoms with van der Waals surface area (Å²) in [6.07, 6.45) is 1.10.